The van der Waals surface area contributed by atoms with E-state index in [2.05, 4.69) is 17.2 Å². The van der Waals surface area contributed by atoms with Crippen LogP contribution in [0.25, 0.3) is 0 Å². The van der Waals surface area contributed by atoms with Gasteiger partial charge in [-0.3, -0.25) is 4.79 Å². The zero-order valence-electron chi connectivity index (χ0n) is 11.0. The summed E-state index contributed by atoms with van der Waals surface area (Å²) in [6.07, 6.45) is 1.31. The van der Waals surface area contributed by atoms with Crippen LogP contribution in [0.2, 0.25) is 0 Å². The molecule has 0 aliphatic heterocycles. The monoisotopic (exact) mass is 313 g/mol. The van der Waals surface area contributed by atoms with Crippen molar-refractivity contribution in [2.75, 3.05) is 11.1 Å². The number of nitrogens with two attached hydrogens (primary N) is 1. The number of nitrogens with one attached hydrogen (secondary N) is 1. The van der Waals surface area contributed by atoms with Crippen LogP contribution in [-0.2, 0) is 6.54 Å². The van der Waals surface area contributed by atoms with Crippen LogP contribution < -0.4 is 11.1 Å². The summed E-state index contributed by atoms with van der Waals surface area (Å²) in [5.41, 5.74) is 6.40. The Balaban J connectivity index is 0.00000200. The Morgan fingerprint density at radius 3 is 2.85 bits per heavy atom. The second kappa shape index (κ2) is 7.94. The summed E-state index contributed by atoms with van der Waals surface area (Å²) in [6.45, 7) is 2.24. The van der Waals surface area contributed by atoms with Gasteiger partial charge in [0.15, 0.2) is 5.69 Å². The van der Waals surface area contributed by atoms with Gasteiger partial charge in [-0.15, -0.1) is 24.2 Å². The Hall–Kier alpha value is -1.50. The van der Waals surface area contributed by atoms with Crippen molar-refractivity contribution in [2.24, 2.45) is 5.73 Å². The van der Waals surface area contributed by atoms with Crippen molar-refractivity contribution in [2.45, 2.75) is 18.4 Å². The molecule has 0 unspecified atom stereocenters. The molecule has 2 aromatic rings. The third-order valence-corrected chi connectivity index (χ3v) is 3.35. The van der Waals surface area contributed by atoms with Crippen molar-refractivity contribution >= 4 is 35.8 Å². The largest absolute Gasteiger partial charge is 0.447 e. The quantitative estimate of drug-likeness (QED) is 0.829. The average Bonchev–Trinajstić information content (AvgIpc) is 2.90. The lowest BCUT2D eigenvalue weighted by Gasteiger charge is -2.08. The zero-order valence-corrected chi connectivity index (χ0v) is 12.6. The Kier molecular flexibility index (Phi) is 6.57. The minimum atomic E-state index is -0.299. The summed E-state index contributed by atoms with van der Waals surface area (Å²) in [7, 11) is 0. The summed E-state index contributed by atoms with van der Waals surface area (Å²) >= 11 is 1.67. The molecule has 1 aromatic heterocycles. The molecule has 7 heteroatoms. The first kappa shape index (κ1) is 16.6. The smallest absolute Gasteiger partial charge is 0.277 e. The van der Waals surface area contributed by atoms with Gasteiger partial charge in [0.2, 0.25) is 5.89 Å². The molecular formula is C13H16ClN3O2S. The molecule has 1 amide bonds. The van der Waals surface area contributed by atoms with Crippen LogP contribution in [0.3, 0.4) is 0 Å². The van der Waals surface area contributed by atoms with E-state index in [1.165, 1.54) is 6.26 Å². The van der Waals surface area contributed by atoms with Crippen LogP contribution >= 0.6 is 24.2 Å². The lowest BCUT2D eigenvalue weighted by atomic mass is 10.3. The van der Waals surface area contributed by atoms with Crippen LogP contribution in [0.1, 0.15) is 23.3 Å². The highest BCUT2D eigenvalue weighted by molar-refractivity contribution is 7.99. The standard InChI is InChI=1S/C13H15N3O2S.ClH/c1-2-19-11-6-4-3-5-9(11)16-13(17)10-8-18-12(7-14)15-10;/h3-6,8H,2,7,14H2,1H3,(H,16,17);1H. The van der Waals surface area contributed by atoms with E-state index in [1.54, 1.807) is 11.8 Å². The number of para-hydroxylation sites is 1. The molecule has 1 aromatic carbocycles. The van der Waals surface area contributed by atoms with Gasteiger partial charge < -0.3 is 15.5 Å². The van der Waals surface area contributed by atoms with E-state index >= 15 is 0 Å². The molecule has 0 saturated heterocycles. The number of halogens is 1. The molecule has 0 radical (unpaired) electrons. The minimum absolute atomic E-state index is 0. The molecule has 0 atom stereocenters. The Labute approximate surface area is 127 Å². The van der Waals surface area contributed by atoms with E-state index in [-0.39, 0.29) is 30.6 Å². The Bertz CT molecular complexity index is 574. The first-order chi connectivity index (χ1) is 9.24. The molecule has 0 saturated carbocycles. The number of benzene rings is 1. The Morgan fingerprint density at radius 1 is 1.45 bits per heavy atom. The van der Waals surface area contributed by atoms with Gasteiger partial charge in [-0.25, -0.2) is 4.98 Å². The molecule has 0 spiro atoms. The number of anilines is 1. The van der Waals surface area contributed by atoms with Crippen LogP contribution in [0.4, 0.5) is 5.69 Å². The average molecular weight is 314 g/mol. The van der Waals surface area contributed by atoms with E-state index in [1.807, 2.05) is 24.3 Å². The number of carbonyl (C=O) groups is 1. The van der Waals surface area contributed by atoms with Gasteiger partial charge in [0.1, 0.15) is 6.26 Å². The number of nitrogens with zero attached hydrogens (tertiary/aromatic N) is 1. The van der Waals surface area contributed by atoms with Crippen molar-refractivity contribution < 1.29 is 9.21 Å². The van der Waals surface area contributed by atoms with Gasteiger partial charge in [-0.2, -0.15) is 0 Å². The van der Waals surface area contributed by atoms with Gasteiger partial charge in [0.05, 0.1) is 12.2 Å². The molecule has 3 N–H and O–H groups in total. The number of oxazole rings is 1. The number of thioether (sulfide) groups is 1. The van der Waals surface area contributed by atoms with Crippen molar-refractivity contribution in [3.05, 3.63) is 42.1 Å². The summed E-state index contributed by atoms with van der Waals surface area (Å²) in [6, 6.07) is 7.65. The van der Waals surface area contributed by atoms with E-state index in [9.17, 15) is 4.79 Å². The first-order valence-corrected chi connectivity index (χ1v) is 6.90. The summed E-state index contributed by atoms with van der Waals surface area (Å²) in [4.78, 5) is 17.0. The fourth-order valence-corrected chi connectivity index (χ4v) is 2.31. The lowest BCUT2D eigenvalue weighted by Crippen LogP contribution is -2.13. The number of hydrogen-bond acceptors (Lipinski definition) is 5. The predicted octanol–water partition coefficient (Wildman–Crippen LogP) is 2.92. The molecule has 0 aliphatic rings. The maximum Gasteiger partial charge on any atom is 0.277 e. The van der Waals surface area contributed by atoms with Gasteiger partial charge in [0, 0.05) is 4.90 Å². The second-order valence-corrected chi connectivity index (χ2v) is 5.02. The van der Waals surface area contributed by atoms with Crippen LogP contribution in [0.5, 0.6) is 0 Å². The van der Waals surface area contributed by atoms with E-state index in [0.717, 1.165) is 16.3 Å². The predicted molar refractivity (Wildman–Crippen MR) is 82.4 cm³/mol. The van der Waals surface area contributed by atoms with E-state index in [0.29, 0.717) is 5.89 Å². The highest BCUT2D eigenvalue weighted by atomic mass is 35.5. The van der Waals surface area contributed by atoms with Crippen LogP contribution in [0, 0.1) is 0 Å². The maximum atomic E-state index is 12.0. The molecule has 0 fully saturated rings. The number of carbonyl (C=O) groups excluding carboxylic acids is 1. The fraction of sp³-hybridized carbons (Fsp3) is 0.231. The minimum Gasteiger partial charge on any atom is -0.447 e. The van der Waals surface area contributed by atoms with Crippen molar-refractivity contribution in [3.8, 4) is 0 Å². The van der Waals surface area contributed by atoms with Gasteiger partial charge in [-0.1, -0.05) is 19.1 Å². The third kappa shape index (κ3) is 4.00. The highest BCUT2D eigenvalue weighted by Crippen LogP contribution is 2.26. The number of aromatic nitrogens is 1. The zero-order chi connectivity index (χ0) is 13.7. The van der Waals surface area contributed by atoms with Crippen molar-refractivity contribution in [1.82, 2.24) is 4.98 Å². The van der Waals surface area contributed by atoms with Crippen LogP contribution in [0.15, 0.2) is 39.8 Å². The summed E-state index contributed by atoms with van der Waals surface area (Å²) < 4.78 is 5.05. The Morgan fingerprint density at radius 2 is 2.20 bits per heavy atom. The molecule has 0 bridgehead atoms. The van der Waals surface area contributed by atoms with E-state index in [4.69, 9.17) is 10.2 Å². The topological polar surface area (TPSA) is 81.2 Å². The number of amides is 1. The van der Waals surface area contributed by atoms with Gasteiger partial charge in [-0.05, 0) is 17.9 Å². The summed E-state index contributed by atoms with van der Waals surface area (Å²) in [5.74, 6) is 0.989. The van der Waals surface area contributed by atoms with Crippen molar-refractivity contribution in [1.29, 1.82) is 0 Å². The van der Waals surface area contributed by atoms with Gasteiger partial charge >= 0.3 is 0 Å². The third-order valence-electron chi connectivity index (χ3n) is 2.39. The normalized spacial score (nSPS) is 9.90. The molecule has 0 aliphatic carbocycles. The molecule has 5 nitrogen and oxygen atoms in total. The molecular weight excluding hydrogens is 298 g/mol. The molecule has 20 heavy (non-hydrogen) atoms. The SMILES string of the molecule is CCSc1ccccc1NC(=O)c1coc(CN)n1.Cl. The van der Waals surface area contributed by atoms with Crippen LogP contribution in [-0.4, -0.2) is 16.6 Å². The number of hydrogen-bond donors (Lipinski definition) is 2. The molecule has 2 rings (SSSR count). The molecule has 1 heterocycles. The number of rotatable bonds is 5. The fourth-order valence-electron chi connectivity index (χ4n) is 1.55. The highest BCUT2D eigenvalue weighted by Gasteiger charge is 2.13. The van der Waals surface area contributed by atoms with Gasteiger partial charge in [0.25, 0.3) is 5.91 Å². The maximum absolute atomic E-state index is 12.0. The van der Waals surface area contributed by atoms with E-state index < -0.39 is 0 Å². The van der Waals surface area contributed by atoms with Crippen molar-refractivity contribution in [3.63, 3.8) is 0 Å². The molecule has 108 valence electrons. The first-order valence-electron chi connectivity index (χ1n) is 5.92. The summed E-state index contributed by atoms with van der Waals surface area (Å²) in [5, 5.41) is 2.83. The lowest BCUT2D eigenvalue weighted by molar-refractivity contribution is 0.102. The second-order valence-electron chi connectivity index (χ2n) is 3.71.